The summed E-state index contributed by atoms with van der Waals surface area (Å²) < 4.78 is 4.97. The van der Waals surface area contributed by atoms with Crippen LogP contribution in [0, 0.1) is 0 Å². The van der Waals surface area contributed by atoms with Gasteiger partial charge in [-0.2, -0.15) is 0 Å². The molecule has 5 heteroatoms. The van der Waals surface area contributed by atoms with Crippen LogP contribution in [0.3, 0.4) is 0 Å². The first-order chi connectivity index (χ1) is 7.65. The van der Waals surface area contributed by atoms with Crippen LogP contribution >= 0.6 is 0 Å². The molecule has 1 aromatic carbocycles. The number of carboxylic acid groups (broad SMARTS) is 1. The molecule has 0 saturated carbocycles. The van der Waals surface area contributed by atoms with Gasteiger partial charge in [0.1, 0.15) is 0 Å². The molecule has 0 aromatic heterocycles. The zero-order valence-electron chi connectivity index (χ0n) is 10.1. The van der Waals surface area contributed by atoms with Crippen LogP contribution in [0.1, 0.15) is 40.5 Å². The van der Waals surface area contributed by atoms with Crippen molar-refractivity contribution in [2.45, 2.75) is 19.8 Å². The third kappa shape index (κ3) is 5.35. The first-order valence-electron chi connectivity index (χ1n) is 5.13. The predicted octanol–water partition coefficient (Wildman–Crippen LogP) is -1.99. The van der Waals surface area contributed by atoms with Gasteiger partial charge in [0.25, 0.3) is 0 Å². The second kappa shape index (κ2) is 8.28. The summed E-state index contributed by atoms with van der Waals surface area (Å²) in [6.07, 6.45) is 1.78. The number of hydrogen-bond acceptors (Lipinski definition) is 4. The molecule has 17 heavy (non-hydrogen) atoms. The largest absolute Gasteiger partial charge is 1.00 e. The molecule has 0 N–H and O–H groups in total. The fourth-order valence-electron chi connectivity index (χ4n) is 1.13. The second-order valence-corrected chi connectivity index (χ2v) is 3.35. The maximum atomic E-state index is 11.4. The van der Waals surface area contributed by atoms with E-state index in [1.54, 1.807) is 0 Å². The molecule has 1 rings (SSSR count). The molecule has 0 spiro atoms. The van der Waals surface area contributed by atoms with Gasteiger partial charge in [-0.25, -0.2) is 4.79 Å². The van der Waals surface area contributed by atoms with Crippen LogP contribution in [0.5, 0.6) is 0 Å². The Balaban J connectivity index is 0.00000256. The molecule has 0 aliphatic heterocycles. The van der Waals surface area contributed by atoms with Crippen LogP contribution in [0.2, 0.25) is 0 Å². The van der Waals surface area contributed by atoms with Crippen LogP contribution in [-0.2, 0) is 4.74 Å². The topological polar surface area (TPSA) is 66.4 Å². The Morgan fingerprint density at radius 3 is 2.18 bits per heavy atom. The summed E-state index contributed by atoms with van der Waals surface area (Å²) in [6, 6.07) is 5.48. The van der Waals surface area contributed by atoms with Crippen molar-refractivity contribution >= 4 is 11.9 Å². The number of benzene rings is 1. The molecule has 0 fully saturated rings. The molecular formula is C12H13NaO4. The van der Waals surface area contributed by atoms with Gasteiger partial charge in [-0.15, -0.1) is 0 Å². The van der Waals surface area contributed by atoms with Crippen molar-refractivity contribution in [2.24, 2.45) is 0 Å². The molecule has 0 atom stereocenters. The Hall–Kier alpha value is -0.840. The van der Waals surface area contributed by atoms with Gasteiger partial charge in [-0.3, -0.25) is 0 Å². The van der Waals surface area contributed by atoms with Crippen molar-refractivity contribution < 1.29 is 49.0 Å². The number of aromatic carboxylic acids is 1. The molecule has 86 valence electrons. The maximum absolute atomic E-state index is 11.4. The Bertz CT molecular complexity index is 373. The zero-order chi connectivity index (χ0) is 12.0. The summed E-state index contributed by atoms with van der Waals surface area (Å²) in [7, 11) is 0. The molecule has 4 nitrogen and oxygen atoms in total. The van der Waals surface area contributed by atoms with E-state index in [2.05, 4.69) is 0 Å². The molecule has 0 heterocycles. The van der Waals surface area contributed by atoms with Crippen LogP contribution in [0.25, 0.3) is 0 Å². The molecule has 0 aliphatic carbocycles. The van der Waals surface area contributed by atoms with Crippen molar-refractivity contribution in [2.75, 3.05) is 6.61 Å². The summed E-state index contributed by atoms with van der Waals surface area (Å²) in [4.78, 5) is 21.9. The smallest absolute Gasteiger partial charge is 0.545 e. The number of ether oxygens (including phenoxy) is 1. The Labute approximate surface area is 122 Å². The molecule has 0 bridgehead atoms. The summed E-state index contributed by atoms with van der Waals surface area (Å²) in [6.45, 7) is 2.39. The number of hydrogen-bond donors (Lipinski definition) is 0. The van der Waals surface area contributed by atoms with E-state index >= 15 is 0 Å². The van der Waals surface area contributed by atoms with Crippen LogP contribution < -0.4 is 34.7 Å². The van der Waals surface area contributed by atoms with Crippen LogP contribution in [0.4, 0.5) is 0 Å². The predicted molar refractivity (Wildman–Crippen MR) is 56.0 cm³/mol. The number of carboxylic acids is 1. The minimum Gasteiger partial charge on any atom is -0.545 e. The molecule has 1 aromatic rings. The van der Waals surface area contributed by atoms with E-state index in [1.807, 2.05) is 6.92 Å². The summed E-state index contributed by atoms with van der Waals surface area (Å²) >= 11 is 0. The van der Waals surface area contributed by atoms with Crippen molar-refractivity contribution in [1.82, 2.24) is 0 Å². The van der Waals surface area contributed by atoms with Gasteiger partial charge in [0.05, 0.1) is 18.1 Å². The van der Waals surface area contributed by atoms with Gasteiger partial charge >= 0.3 is 35.5 Å². The van der Waals surface area contributed by atoms with Gasteiger partial charge in [0.15, 0.2) is 0 Å². The SMILES string of the molecule is CCCCOC(=O)c1ccc(C(=O)[O-])cc1.[Na+]. The first kappa shape index (κ1) is 16.2. The summed E-state index contributed by atoms with van der Waals surface area (Å²) in [5.41, 5.74) is 0.395. The standard InChI is InChI=1S/C12H14O4.Na/c1-2-3-8-16-12(15)10-6-4-9(5-7-10)11(13)14;/h4-7H,2-3,8H2,1H3,(H,13,14);/q;+1/p-1. The fraction of sp³-hybridized carbons (Fsp3) is 0.333. The van der Waals surface area contributed by atoms with E-state index < -0.39 is 11.9 Å². The molecule has 0 aliphatic rings. The number of carbonyl (C=O) groups is 2. The second-order valence-electron chi connectivity index (χ2n) is 3.35. The minimum atomic E-state index is -1.26. The summed E-state index contributed by atoms with van der Waals surface area (Å²) in [5.74, 6) is -1.69. The number of carbonyl (C=O) groups excluding carboxylic acids is 2. The van der Waals surface area contributed by atoms with Gasteiger partial charge in [-0.1, -0.05) is 25.5 Å². The molecule has 0 saturated heterocycles. The Morgan fingerprint density at radius 2 is 1.71 bits per heavy atom. The third-order valence-corrected chi connectivity index (χ3v) is 2.09. The van der Waals surface area contributed by atoms with E-state index in [-0.39, 0.29) is 35.1 Å². The number of esters is 1. The van der Waals surface area contributed by atoms with Gasteiger partial charge in [-0.05, 0) is 24.1 Å². The monoisotopic (exact) mass is 244 g/mol. The normalized spacial score (nSPS) is 9.24. The fourth-order valence-corrected chi connectivity index (χ4v) is 1.13. The van der Waals surface area contributed by atoms with Crippen LogP contribution in [-0.4, -0.2) is 18.5 Å². The maximum Gasteiger partial charge on any atom is 1.00 e. The van der Waals surface area contributed by atoms with E-state index in [0.717, 1.165) is 12.8 Å². The van der Waals surface area contributed by atoms with Gasteiger partial charge in [0.2, 0.25) is 0 Å². The van der Waals surface area contributed by atoms with E-state index in [9.17, 15) is 14.7 Å². The molecular weight excluding hydrogens is 231 g/mol. The van der Waals surface area contributed by atoms with Crippen LogP contribution in [0.15, 0.2) is 24.3 Å². The van der Waals surface area contributed by atoms with E-state index in [4.69, 9.17) is 4.74 Å². The molecule has 0 unspecified atom stereocenters. The van der Waals surface area contributed by atoms with E-state index in [1.165, 1.54) is 24.3 Å². The van der Waals surface area contributed by atoms with Crippen molar-refractivity contribution in [1.29, 1.82) is 0 Å². The number of unbranched alkanes of at least 4 members (excludes halogenated alkanes) is 1. The average Bonchev–Trinajstić information content (AvgIpc) is 2.29. The zero-order valence-corrected chi connectivity index (χ0v) is 12.1. The van der Waals surface area contributed by atoms with Crippen molar-refractivity contribution in [3.63, 3.8) is 0 Å². The van der Waals surface area contributed by atoms with Crippen molar-refractivity contribution in [3.05, 3.63) is 35.4 Å². The Morgan fingerprint density at radius 1 is 1.18 bits per heavy atom. The quantitative estimate of drug-likeness (QED) is 0.342. The Kier molecular flexibility index (Phi) is 7.87. The average molecular weight is 244 g/mol. The van der Waals surface area contributed by atoms with Gasteiger partial charge in [0, 0.05) is 0 Å². The number of rotatable bonds is 5. The van der Waals surface area contributed by atoms with Gasteiger partial charge < -0.3 is 14.6 Å². The third-order valence-electron chi connectivity index (χ3n) is 2.09. The van der Waals surface area contributed by atoms with E-state index in [0.29, 0.717) is 12.2 Å². The minimum absolute atomic E-state index is 0. The molecule has 0 amide bonds. The molecule has 0 radical (unpaired) electrons. The first-order valence-corrected chi connectivity index (χ1v) is 5.13. The van der Waals surface area contributed by atoms with Crippen molar-refractivity contribution in [3.8, 4) is 0 Å². The summed E-state index contributed by atoms with van der Waals surface area (Å²) in [5, 5.41) is 10.5.